The van der Waals surface area contributed by atoms with Gasteiger partial charge in [0, 0.05) is 38.3 Å². The molecular formula is C24H29N3O2. The maximum absolute atomic E-state index is 12.6. The van der Waals surface area contributed by atoms with Crippen LogP contribution in [0.5, 0.6) is 11.6 Å². The van der Waals surface area contributed by atoms with Gasteiger partial charge in [-0.25, -0.2) is 4.98 Å². The topological polar surface area (TPSA) is 45.7 Å². The summed E-state index contributed by atoms with van der Waals surface area (Å²) in [5.74, 6) is 1.30. The van der Waals surface area contributed by atoms with E-state index < -0.39 is 0 Å². The van der Waals surface area contributed by atoms with E-state index >= 15 is 0 Å². The van der Waals surface area contributed by atoms with E-state index in [2.05, 4.69) is 22.0 Å². The number of ether oxygens (including phenoxy) is 1. The third-order valence-corrected chi connectivity index (χ3v) is 6.66. The van der Waals surface area contributed by atoms with Crippen molar-refractivity contribution in [3.63, 3.8) is 0 Å². The molecule has 0 atom stereocenters. The highest BCUT2D eigenvalue weighted by atomic mass is 16.5. The van der Waals surface area contributed by atoms with Gasteiger partial charge in [0.05, 0.1) is 0 Å². The van der Waals surface area contributed by atoms with Gasteiger partial charge in [-0.05, 0) is 67.9 Å². The second-order valence-corrected chi connectivity index (χ2v) is 8.51. The molecular weight excluding hydrogens is 362 g/mol. The van der Waals surface area contributed by atoms with Gasteiger partial charge in [-0.2, -0.15) is 0 Å². The fraction of sp³-hybridized carbons (Fsp3) is 0.500. The molecule has 0 bridgehead atoms. The summed E-state index contributed by atoms with van der Waals surface area (Å²) in [5.41, 5.74) is 3.29. The lowest BCUT2D eigenvalue weighted by molar-refractivity contribution is 0.0786. The number of amides is 1. The number of hydrogen-bond donors (Lipinski definition) is 0. The largest absolute Gasteiger partial charge is 0.439 e. The summed E-state index contributed by atoms with van der Waals surface area (Å²) in [6, 6.07) is 12.7. The lowest BCUT2D eigenvalue weighted by Crippen LogP contribution is -2.41. The van der Waals surface area contributed by atoms with E-state index in [9.17, 15) is 4.79 Å². The van der Waals surface area contributed by atoms with Crippen LogP contribution in [0.25, 0.3) is 0 Å². The minimum Gasteiger partial charge on any atom is -0.439 e. The Morgan fingerprint density at radius 1 is 0.931 bits per heavy atom. The number of rotatable bonds is 4. The van der Waals surface area contributed by atoms with Crippen molar-refractivity contribution in [3.8, 4) is 11.6 Å². The number of benzene rings is 1. The third kappa shape index (κ3) is 4.01. The van der Waals surface area contributed by atoms with E-state index in [1.807, 2.05) is 23.1 Å². The molecule has 5 heteroatoms. The molecule has 3 heterocycles. The van der Waals surface area contributed by atoms with Crippen molar-refractivity contribution in [2.24, 2.45) is 0 Å². The average Bonchev–Trinajstić information content (AvgIpc) is 3.16. The molecule has 0 N–H and O–H groups in total. The molecule has 3 aliphatic rings. The first-order valence-corrected chi connectivity index (χ1v) is 11.1. The smallest absolute Gasteiger partial charge is 0.272 e. The predicted molar refractivity (Wildman–Crippen MR) is 113 cm³/mol. The van der Waals surface area contributed by atoms with Crippen LogP contribution >= 0.6 is 0 Å². The predicted octanol–water partition coefficient (Wildman–Crippen LogP) is 4.06. The van der Waals surface area contributed by atoms with Crippen molar-refractivity contribution in [2.45, 2.75) is 51.0 Å². The van der Waals surface area contributed by atoms with Gasteiger partial charge >= 0.3 is 0 Å². The Labute approximate surface area is 172 Å². The van der Waals surface area contributed by atoms with Crippen LogP contribution in [0.1, 0.15) is 53.7 Å². The highest BCUT2D eigenvalue weighted by molar-refractivity contribution is 5.92. The SMILES string of the molecule is O=C(c1cccc(Oc2ccc3c(c2)CCN(C2CCC2)CC3)n1)N1CCCC1. The number of pyridine rings is 1. The maximum atomic E-state index is 12.6. The normalized spacial score (nSPS) is 20.1. The number of likely N-dealkylation sites (tertiary alicyclic amines) is 1. The Bertz CT molecular complexity index is 887. The Morgan fingerprint density at radius 2 is 1.72 bits per heavy atom. The van der Waals surface area contributed by atoms with Gasteiger partial charge in [-0.1, -0.05) is 18.6 Å². The Morgan fingerprint density at radius 3 is 2.48 bits per heavy atom. The van der Waals surface area contributed by atoms with Crippen molar-refractivity contribution in [3.05, 3.63) is 53.2 Å². The van der Waals surface area contributed by atoms with E-state index in [0.717, 1.165) is 57.1 Å². The van der Waals surface area contributed by atoms with E-state index in [4.69, 9.17) is 4.74 Å². The molecule has 152 valence electrons. The number of carbonyl (C=O) groups excluding carboxylic acids is 1. The van der Waals surface area contributed by atoms with E-state index in [1.54, 1.807) is 6.07 Å². The zero-order chi connectivity index (χ0) is 19.6. The van der Waals surface area contributed by atoms with E-state index in [1.165, 1.54) is 36.9 Å². The Balaban J connectivity index is 1.28. The third-order valence-electron chi connectivity index (χ3n) is 6.66. The molecule has 1 saturated carbocycles. The molecule has 1 aliphatic carbocycles. The second kappa shape index (κ2) is 8.15. The summed E-state index contributed by atoms with van der Waals surface area (Å²) >= 11 is 0. The van der Waals surface area contributed by atoms with E-state index in [0.29, 0.717) is 11.6 Å². The molecule has 0 unspecified atom stereocenters. The van der Waals surface area contributed by atoms with Gasteiger partial charge in [-0.15, -0.1) is 0 Å². The Hall–Kier alpha value is -2.40. The molecule has 5 rings (SSSR count). The van der Waals surface area contributed by atoms with Crippen molar-refractivity contribution >= 4 is 5.91 Å². The van der Waals surface area contributed by atoms with Gasteiger partial charge < -0.3 is 9.64 Å². The lowest BCUT2D eigenvalue weighted by atomic mass is 9.91. The fourth-order valence-corrected chi connectivity index (χ4v) is 4.69. The van der Waals surface area contributed by atoms with Crippen molar-refractivity contribution in [1.82, 2.24) is 14.8 Å². The van der Waals surface area contributed by atoms with Crippen LogP contribution in [0.4, 0.5) is 0 Å². The zero-order valence-electron chi connectivity index (χ0n) is 17.0. The first-order valence-electron chi connectivity index (χ1n) is 11.1. The maximum Gasteiger partial charge on any atom is 0.272 e. The van der Waals surface area contributed by atoms with Crippen LogP contribution in [0, 0.1) is 0 Å². The van der Waals surface area contributed by atoms with Crippen LogP contribution in [-0.2, 0) is 12.8 Å². The van der Waals surface area contributed by atoms with Gasteiger partial charge in [0.25, 0.3) is 5.91 Å². The van der Waals surface area contributed by atoms with Gasteiger partial charge in [0.1, 0.15) is 11.4 Å². The highest BCUT2D eigenvalue weighted by Crippen LogP contribution is 2.29. The molecule has 1 saturated heterocycles. The minimum absolute atomic E-state index is 0.00552. The molecule has 1 aromatic carbocycles. The number of aromatic nitrogens is 1. The summed E-state index contributed by atoms with van der Waals surface area (Å²) in [4.78, 5) is 21.6. The van der Waals surface area contributed by atoms with Gasteiger partial charge in [0.2, 0.25) is 5.88 Å². The number of hydrogen-bond acceptors (Lipinski definition) is 4. The number of carbonyl (C=O) groups is 1. The summed E-state index contributed by atoms with van der Waals surface area (Å²) in [5, 5.41) is 0. The Kier molecular flexibility index (Phi) is 5.23. The van der Waals surface area contributed by atoms with Gasteiger partial charge in [0.15, 0.2) is 0 Å². The van der Waals surface area contributed by atoms with Crippen molar-refractivity contribution in [2.75, 3.05) is 26.2 Å². The quantitative estimate of drug-likeness (QED) is 0.788. The summed E-state index contributed by atoms with van der Waals surface area (Å²) in [6.07, 6.45) is 8.46. The van der Waals surface area contributed by atoms with Crippen LogP contribution < -0.4 is 4.74 Å². The zero-order valence-corrected chi connectivity index (χ0v) is 17.0. The fourth-order valence-electron chi connectivity index (χ4n) is 4.69. The molecule has 0 radical (unpaired) electrons. The van der Waals surface area contributed by atoms with Crippen LogP contribution in [-0.4, -0.2) is 52.9 Å². The summed E-state index contributed by atoms with van der Waals surface area (Å²) in [6.45, 7) is 3.96. The first kappa shape index (κ1) is 18.6. The van der Waals surface area contributed by atoms with Crippen LogP contribution in [0.3, 0.4) is 0 Å². The van der Waals surface area contributed by atoms with Crippen molar-refractivity contribution in [1.29, 1.82) is 0 Å². The van der Waals surface area contributed by atoms with E-state index in [-0.39, 0.29) is 5.91 Å². The minimum atomic E-state index is 0.00552. The van der Waals surface area contributed by atoms with Crippen molar-refractivity contribution < 1.29 is 9.53 Å². The highest BCUT2D eigenvalue weighted by Gasteiger charge is 2.26. The summed E-state index contributed by atoms with van der Waals surface area (Å²) in [7, 11) is 0. The molecule has 5 nitrogen and oxygen atoms in total. The molecule has 1 aromatic heterocycles. The van der Waals surface area contributed by atoms with Crippen LogP contribution in [0.2, 0.25) is 0 Å². The average molecular weight is 392 g/mol. The van der Waals surface area contributed by atoms with Gasteiger partial charge in [-0.3, -0.25) is 9.69 Å². The number of fused-ring (bicyclic) bond motifs is 1. The monoisotopic (exact) mass is 391 g/mol. The van der Waals surface area contributed by atoms with Crippen LogP contribution in [0.15, 0.2) is 36.4 Å². The molecule has 29 heavy (non-hydrogen) atoms. The molecule has 1 amide bonds. The molecule has 0 spiro atoms. The number of nitrogens with zero attached hydrogens (tertiary/aromatic N) is 3. The second-order valence-electron chi connectivity index (χ2n) is 8.51. The molecule has 2 aromatic rings. The standard InChI is InChI=1S/C24H29N3O2/c28-24(27-13-1-2-14-27)22-7-4-8-23(25-22)29-21-10-9-18-11-15-26(20-5-3-6-20)16-12-19(18)17-21/h4,7-10,17,20H,1-3,5-6,11-16H2. The summed E-state index contributed by atoms with van der Waals surface area (Å²) < 4.78 is 6.05. The molecule has 2 fully saturated rings. The first-order chi connectivity index (χ1) is 14.3. The lowest BCUT2D eigenvalue weighted by Gasteiger charge is -2.36. The molecule has 2 aliphatic heterocycles.